The van der Waals surface area contributed by atoms with Gasteiger partial charge >= 0.3 is 0 Å². The van der Waals surface area contributed by atoms with E-state index in [-0.39, 0.29) is 5.41 Å². The van der Waals surface area contributed by atoms with Crippen molar-refractivity contribution in [2.24, 2.45) is 0 Å². The Labute approximate surface area is 336 Å². The Morgan fingerprint density at radius 2 is 0.982 bits per heavy atom. The number of nitrogens with zero attached hydrogens (tertiary/aromatic N) is 1. The fraction of sp³-hybridized carbons (Fsp3) is 0.143. The van der Waals surface area contributed by atoms with Crippen LogP contribution in [0.3, 0.4) is 0 Å². The second kappa shape index (κ2) is 12.8. The number of hydrogen-bond donors (Lipinski definition) is 0. The Kier molecular flexibility index (Phi) is 7.60. The van der Waals surface area contributed by atoms with Crippen molar-refractivity contribution >= 4 is 17.1 Å². The van der Waals surface area contributed by atoms with Gasteiger partial charge in [0.2, 0.25) is 0 Å². The first-order valence-corrected chi connectivity index (χ1v) is 20.7. The molecule has 0 bridgehead atoms. The fourth-order valence-electron chi connectivity index (χ4n) is 10.6. The first-order chi connectivity index (χ1) is 28.0. The van der Waals surface area contributed by atoms with Gasteiger partial charge in [0, 0.05) is 22.4 Å². The van der Waals surface area contributed by atoms with Crippen LogP contribution in [-0.4, -0.2) is 0 Å². The second-order valence-corrected chi connectivity index (χ2v) is 16.7. The van der Waals surface area contributed by atoms with E-state index in [1.165, 1.54) is 108 Å². The summed E-state index contributed by atoms with van der Waals surface area (Å²) in [4.78, 5) is 2.53. The standard InChI is InChI=1S/C56H45N/c1-4-5-16-37-27-33-45-43-20-10-13-23-48(43)56(52(45)35-37)49-24-14-11-21-46(49)54-50(56)25-15-26-53(54)57(40-30-28-39(29-31-40)38-17-7-6-8-18-38)41-32-34-44-42-19-9-12-22-47(42)55(2,3)51(44)36-41/h6-15,17-36H,4-5,16H2,1-3H3. The first kappa shape index (κ1) is 33.9. The monoisotopic (exact) mass is 731 g/mol. The maximum Gasteiger partial charge on any atom is 0.0726 e. The molecule has 1 spiro atoms. The molecule has 1 atom stereocenters. The van der Waals surface area contributed by atoms with Gasteiger partial charge in [-0.2, -0.15) is 0 Å². The summed E-state index contributed by atoms with van der Waals surface area (Å²) in [6, 6.07) is 68.8. The molecule has 0 fully saturated rings. The SMILES string of the molecule is CCCCc1ccc2c(c1)C1(c3ccccc3-2)c2ccccc2-c2c(N(c3ccc(-c4ccccc4)cc3)c3ccc4c(c3)C(C)(C)c3ccccc3-4)cccc21. The van der Waals surface area contributed by atoms with Gasteiger partial charge in [-0.3, -0.25) is 0 Å². The van der Waals surface area contributed by atoms with Crippen LogP contribution < -0.4 is 4.90 Å². The lowest BCUT2D eigenvalue weighted by molar-refractivity contribution is 0.660. The molecular formula is C56H45N. The topological polar surface area (TPSA) is 3.24 Å². The summed E-state index contributed by atoms with van der Waals surface area (Å²) in [5.74, 6) is 0. The molecule has 0 aliphatic heterocycles. The number of benzene rings is 8. The molecule has 3 aliphatic carbocycles. The third kappa shape index (κ3) is 4.82. The Hall–Kier alpha value is -6.44. The number of fused-ring (bicyclic) bond motifs is 13. The van der Waals surface area contributed by atoms with Crippen molar-refractivity contribution in [1.82, 2.24) is 0 Å². The van der Waals surface area contributed by atoms with E-state index in [4.69, 9.17) is 0 Å². The van der Waals surface area contributed by atoms with Gasteiger partial charge in [-0.15, -0.1) is 0 Å². The number of anilines is 3. The molecule has 0 saturated carbocycles. The maximum atomic E-state index is 2.55. The number of hydrogen-bond acceptors (Lipinski definition) is 1. The van der Waals surface area contributed by atoms with Crippen LogP contribution in [0.1, 0.15) is 72.6 Å². The summed E-state index contributed by atoms with van der Waals surface area (Å²) in [6.45, 7) is 7.05. The van der Waals surface area contributed by atoms with Crippen LogP contribution in [0.2, 0.25) is 0 Å². The van der Waals surface area contributed by atoms with Crippen LogP contribution in [0.5, 0.6) is 0 Å². The van der Waals surface area contributed by atoms with Crippen molar-refractivity contribution in [1.29, 1.82) is 0 Å². The number of unbranched alkanes of at least 4 members (excludes halogenated alkanes) is 1. The zero-order chi connectivity index (χ0) is 38.3. The molecule has 0 heterocycles. The largest absolute Gasteiger partial charge is 0.310 e. The predicted molar refractivity (Wildman–Crippen MR) is 239 cm³/mol. The average Bonchev–Trinajstić information content (AvgIpc) is 3.82. The molecule has 0 saturated heterocycles. The minimum absolute atomic E-state index is 0.118. The summed E-state index contributed by atoms with van der Waals surface area (Å²) in [5.41, 5.74) is 23.1. The minimum Gasteiger partial charge on any atom is -0.310 e. The Morgan fingerprint density at radius 1 is 0.421 bits per heavy atom. The molecule has 1 heteroatoms. The second-order valence-electron chi connectivity index (χ2n) is 16.7. The Balaban J connectivity index is 1.17. The highest BCUT2D eigenvalue weighted by Crippen LogP contribution is 2.65. The molecule has 0 radical (unpaired) electrons. The first-order valence-electron chi connectivity index (χ1n) is 20.7. The molecule has 8 aromatic carbocycles. The molecule has 57 heavy (non-hydrogen) atoms. The van der Waals surface area contributed by atoms with Crippen molar-refractivity contribution in [2.75, 3.05) is 4.90 Å². The lowest BCUT2D eigenvalue weighted by Gasteiger charge is -2.32. The van der Waals surface area contributed by atoms with Crippen molar-refractivity contribution in [3.05, 3.63) is 221 Å². The smallest absolute Gasteiger partial charge is 0.0726 e. The molecule has 1 nitrogen and oxygen atoms in total. The van der Waals surface area contributed by atoms with Crippen LogP contribution in [0.4, 0.5) is 17.1 Å². The van der Waals surface area contributed by atoms with Crippen molar-refractivity contribution in [2.45, 2.75) is 50.9 Å². The lowest BCUT2D eigenvalue weighted by atomic mass is 9.70. The Morgan fingerprint density at radius 3 is 1.74 bits per heavy atom. The molecule has 11 rings (SSSR count). The average molecular weight is 732 g/mol. The summed E-state index contributed by atoms with van der Waals surface area (Å²) in [6.07, 6.45) is 3.47. The van der Waals surface area contributed by atoms with Gasteiger partial charge in [-0.1, -0.05) is 179 Å². The molecule has 274 valence electrons. The van der Waals surface area contributed by atoms with E-state index < -0.39 is 5.41 Å². The van der Waals surface area contributed by atoms with E-state index in [2.05, 4.69) is 208 Å². The third-order valence-corrected chi connectivity index (χ3v) is 13.3. The van der Waals surface area contributed by atoms with Crippen molar-refractivity contribution in [3.8, 4) is 44.5 Å². The van der Waals surface area contributed by atoms with Crippen LogP contribution in [0.25, 0.3) is 44.5 Å². The van der Waals surface area contributed by atoms with Crippen LogP contribution >= 0.6 is 0 Å². The predicted octanol–water partition coefficient (Wildman–Crippen LogP) is 14.8. The molecule has 0 amide bonds. The van der Waals surface area contributed by atoms with Crippen LogP contribution in [-0.2, 0) is 17.3 Å². The maximum absolute atomic E-state index is 2.55. The molecule has 8 aromatic rings. The van der Waals surface area contributed by atoms with Gasteiger partial charge in [0.1, 0.15) is 0 Å². The van der Waals surface area contributed by atoms with E-state index in [9.17, 15) is 0 Å². The van der Waals surface area contributed by atoms with E-state index >= 15 is 0 Å². The third-order valence-electron chi connectivity index (χ3n) is 13.3. The van der Waals surface area contributed by atoms with E-state index in [0.717, 1.165) is 12.1 Å². The normalized spacial score (nSPS) is 16.1. The summed E-state index contributed by atoms with van der Waals surface area (Å²) < 4.78 is 0. The highest BCUT2D eigenvalue weighted by atomic mass is 15.1. The van der Waals surface area contributed by atoms with Gasteiger partial charge in [0.25, 0.3) is 0 Å². The van der Waals surface area contributed by atoms with Crippen molar-refractivity contribution < 1.29 is 0 Å². The van der Waals surface area contributed by atoms with E-state index in [1.54, 1.807) is 0 Å². The lowest BCUT2D eigenvalue weighted by Crippen LogP contribution is -2.26. The van der Waals surface area contributed by atoms with Gasteiger partial charge in [0.15, 0.2) is 0 Å². The van der Waals surface area contributed by atoms with Gasteiger partial charge < -0.3 is 4.90 Å². The number of rotatable bonds is 7. The highest BCUT2D eigenvalue weighted by Gasteiger charge is 2.52. The number of aryl methyl sites for hydroxylation is 1. The van der Waals surface area contributed by atoms with Crippen LogP contribution in [0, 0.1) is 0 Å². The highest BCUT2D eigenvalue weighted by molar-refractivity contribution is 6.01. The quantitative estimate of drug-likeness (QED) is 0.158. The molecular weight excluding hydrogens is 687 g/mol. The van der Waals surface area contributed by atoms with Crippen molar-refractivity contribution in [3.63, 3.8) is 0 Å². The summed E-state index contributed by atoms with van der Waals surface area (Å²) >= 11 is 0. The minimum atomic E-state index is -0.416. The zero-order valence-electron chi connectivity index (χ0n) is 32.9. The molecule has 1 unspecified atom stereocenters. The zero-order valence-corrected chi connectivity index (χ0v) is 32.9. The van der Waals surface area contributed by atoms with Gasteiger partial charge in [-0.25, -0.2) is 0 Å². The molecule has 0 aromatic heterocycles. The Bertz CT molecular complexity index is 2860. The molecule has 0 N–H and O–H groups in total. The van der Waals surface area contributed by atoms with Crippen LogP contribution in [0.15, 0.2) is 182 Å². The molecule has 3 aliphatic rings. The summed E-state index contributed by atoms with van der Waals surface area (Å²) in [7, 11) is 0. The fourth-order valence-corrected chi connectivity index (χ4v) is 10.6. The van der Waals surface area contributed by atoms with Gasteiger partial charge in [-0.05, 0) is 121 Å². The summed E-state index contributed by atoms with van der Waals surface area (Å²) in [5, 5.41) is 0. The van der Waals surface area contributed by atoms with Gasteiger partial charge in [0.05, 0.1) is 11.1 Å². The van der Waals surface area contributed by atoms with E-state index in [0.29, 0.717) is 0 Å². The van der Waals surface area contributed by atoms with E-state index in [1.807, 2.05) is 0 Å².